The van der Waals surface area contributed by atoms with E-state index in [0.717, 1.165) is 11.5 Å². The minimum absolute atomic E-state index is 0.0578. The fraction of sp³-hybridized carbons (Fsp3) is 0.833. The Morgan fingerprint density at radius 3 is 2.67 bits per heavy atom. The lowest BCUT2D eigenvalue weighted by molar-refractivity contribution is -0.116. The Labute approximate surface area is 68.7 Å². The number of ketones is 1. The third-order valence-corrected chi connectivity index (χ3v) is 3.28. The predicted molar refractivity (Wildman–Crippen MR) is 46.4 cm³/mol. The van der Waals surface area contributed by atoms with Crippen molar-refractivity contribution in [2.24, 2.45) is 0 Å². The standard InChI is InChI=1S/C6H11BrOS/c1-3-9-4-6(7)5(2)8/h6H,3-4H2,1-2H3. The highest BCUT2D eigenvalue weighted by Gasteiger charge is 2.07. The third-order valence-electron chi connectivity index (χ3n) is 0.909. The number of rotatable bonds is 4. The van der Waals surface area contributed by atoms with E-state index in [1.807, 2.05) is 0 Å². The van der Waals surface area contributed by atoms with E-state index in [1.165, 1.54) is 0 Å². The molecule has 0 spiro atoms. The van der Waals surface area contributed by atoms with Gasteiger partial charge in [0.05, 0.1) is 4.83 Å². The largest absolute Gasteiger partial charge is 0.299 e. The number of Topliss-reactive ketones (excluding diaryl/α,β-unsaturated/α-hetero) is 1. The summed E-state index contributed by atoms with van der Waals surface area (Å²) in [5.74, 6) is 2.19. The molecule has 0 aromatic heterocycles. The molecule has 0 aromatic carbocycles. The molecule has 0 bridgehead atoms. The smallest absolute Gasteiger partial charge is 0.144 e. The van der Waals surface area contributed by atoms with Gasteiger partial charge in [0.1, 0.15) is 5.78 Å². The van der Waals surface area contributed by atoms with Gasteiger partial charge in [-0.3, -0.25) is 4.79 Å². The monoisotopic (exact) mass is 210 g/mol. The summed E-state index contributed by atoms with van der Waals surface area (Å²) in [5.41, 5.74) is 0. The number of carbonyl (C=O) groups is 1. The second-order valence-corrected chi connectivity index (χ2v) is 4.16. The molecule has 0 radical (unpaired) electrons. The predicted octanol–water partition coefficient (Wildman–Crippen LogP) is 2.09. The highest BCUT2D eigenvalue weighted by atomic mass is 79.9. The van der Waals surface area contributed by atoms with Crippen LogP contribution in [0.5, 0.6) is 0 Å². The summed E-state index contributed by atoms with van der Waals surface area (Å²) in [4.78, 5) is 10.6. The SMILES string of the molecule is CCSCC(Br)C(C)=O. The number of hydrogen-bond acceptors (Lipinski definition) is 2. The lowest BCUT2D eigenvalue weighted by atomic mass is 10.3. The van der Waals surface area contributed by atoms with Crippen molar-refractivity contribution in [1.29, 1.82) is 0 Å². The first-order chi connectivity index (χ1) is 4.18. The van der Waals surface area contributed by atoms with Crippen LogP contribution < -0.4 is 0 Å². The van der Waals surface area contributed by atoms with E-state index in [4.69, 9.17) is 0 Å². The molecule has 0 aliphatic heterocycles. The quantitative estimate of drug-likeness (QED) is 0.662. The van der Waals surface area contributed by atoms with E-state index in [1.54, 1.807) is 18.7 Å². The molecule has 9 heavy (non-hydrogen) atoms. The van der Waals surface area contributed by atoms with E-state index >= 15 is 0 Å². The van der Waals surface area contributed by atoms with Gasteiger partial charge in [0.25, 0.3) is 0 Å². The van der Waals surface area contributed by atoms with Crippen molar-refractivity contribution < 1.29 is 4.79 Å². The normalized spacial score (nSPS) is 13.2. The number of hydrogen-bond donors (Lipinski definition) is 0. The summed E-state index contributed by atoms with van der Waals surface area (Å²) in [7, 11) is 0. The zero-order valence-electron chi connectivity index (χ0n) is 5.69. The maximum atomic E-state index is 10.6. The van der Waals surface area contributed by atoms with Crippen LogP contribution in [-0.4, -0.2) is 22.1 Å². The molecule has 0 saturated carbocycles. The Hall–Kier alpha value is 0.500. The van der Waals surface area contributed by atoms with Gasteiger partial charge in [0, 0.05) is 5.75 Å². The molecule has 0 aliphatic rings. The summed E-state index contributed by atoms with van der Waals surface area (Å²) in [6.07, 6.45) is 0. The lowest BCUT2D eigenvalue weighted by Crippen LogP contribution is -2.12. The van der Waals surface area contributed by atoms with Crippen LogP contribution in [0, 0.1) is 0 Å². The van der Waals surface area contributed by atoms with Crippen molar-refractivity contribution in [2.75, 3.05) is 11.5 Å². The van der Waals surface area contributed by atoms with Gasteiger partial charge in [-0.15, -0.1) is 0 Å². The highest BCUT2D eigenvalue weighted by molar-refractivity contribution is 9.10. The molecule has 0 aromatic rings. The second kappa shape index (κ2) is 5.30. The van der Waals surface area contributed by atoms with Crippen molar-refractivity contribution in [1.82, 2.24) is 0 Å². The zero-order chi connectivity index (χ0) is 7.28. The maximum Gasteiger partial charge on any atom is 0.144 e. The molecule has 1 nitrogen and oxygen atoms in total. The molecule has 0 heterocycles. The summed E-state index contributed by atoms with van der Waals surface area (Å²) in [6, 6.07) is 0. The molecular formula is C6H11BrOS. The van der Waals surface area contributed by atoms with E-state index in [0.29, 0.717) is 0 Å². The summed E-state index contributed by atoms with van der Waals surface area (Å²) in [6.45, 7) is 3.69. The minimum Gasteiger partial charge on any atom is -0.299 e. The second-order valence-electron chi connectivity index (χ2n) is 1.74. The lowest BCUT2D eigenvalue weighted by Gasteiger charge is -2.01. The summed E-state index contributed by atoms with van der Waals surface area (Å²) in [5, 5.41) is 0. The van der Waals surface area contributed by atoms with Crippen molar-refractivity contribution in [2.45, 2.75) is 18.7 Å². The molecule has 54 valence electrons. The fourth-order valence-corrected chi connectivity index (χ4v) is 1.58. The van der Waals surface area contributed by atoms with Crippen LogP contribution in [0.25, 0.3) is 0 Å². The molecule has 0 rings (SSSR count). The Kier molecular flexibility index (Phi) is 5.59. The van der Waals surface area contributed by atoms with Gasteiger partial charge < -0.3 is 0 Å². The summed E-state index contributed by atoms with van der Waals surface area (Å²) >= 11 is 5.05. The van der Waals surface area contributed by atoms with E-state index in [2.05, 4.69) is 22.9 Å². The van der Waals surface area contributed by atoms with Crippen molar-refractivity contribution in [3.05, 3.63) is 0 Å². The van der Waals surface area contributed by atoms with Gasteiger partial charge >= 0.3 is 0 Å². The van der Waals surface area contributed by atoms with Crippen molar-refractivity contribution in [3.63, 3.8) is 0 Å². The molecular weight excluding hydrogens is 200 g/mol. The number of carbonyl (C=O) groups excluding carboxylic acids is 1. The Morgan fingerprint density at radius 1 is 1.78 bits per heavy atom. The number of alkyl halides is 1. The van der Waals surface area contributed by atoms with Crippen LogP contribution in [0.3, 0.4) is 0 Å². The maximum absolute atomic E-state index is 10.6. The topological polar surface area (TPSA) is 17.1 Å². The molecule has 0 N–H and O–H groups in total. The summed E-state index contributed by atoms with van der Waals surface area (Å²) < 4.78 is 0. The van der Waals surface area contributed by atoms with Gasteiger partial charge in [-0.25, -0.2) is 0 Å². The van der Waals surface area contributed by atoms with Crippen molar-refractivity contribution in [3.8, 4) is 0 Å². The average molecular weight is 211 g/mol. The number of thioether (sulfide) groups is 1. The Morgan fingerprint density at radius 2 is 2.33 bits per heavy atom. The van der Waals surface area contributed by atoms with Crippen LogP contribution >= 0.6 is 27.7 Å². The van der Waals surface area contributed by atoms with Crippen molar-refractivity contribution >= 4 is 33.5 Å². The van der Waals surface area contributed by atoms with E-state index in [9.17, 15) is 4.79 Å². The molecule has 0 fully saturated rings. The highest BCUT2D eigenvalue weighted by Crippen LogP contribution is 2.09. The molecule has 3 heteroatoms. The van der Waals surface area contributed by atoms with Gasteiger partial charge in [-0.1, -0.05) is 22.9 Å². The van der Waals surface area contributed by atoms with Gasteiger partial charge in [-0.2, -0.15) is 11.8 Å². The first kappa shape index (κ1) is 9.50. The van der Waals surface area contributed by atoms with Gasteiger partial charge in [-0.05, 0) is 12.7 Å². The fourth-order valence-electron chi connectivity index (χ4n) is 0.339. The molecule has 1 atom stereocenters. The molecule has 1 unspecified atom stereocenters. The van der Waals surface area contributed by atoms with E-state index < -0.39 is 0 Å². The minimum atomic E-state index is 0.0578. The first-order valence-corrected chi connectivity index (χ1v) is 4.97. The zero-order valence-corrected chi connectivity index (χ0v) is 8.09. The molecule has 0 aliphatic carbocycles. The van der Waals surface area contributed by atoms with Gasteiger partial charge in [0.2, 0.25) is 0 Å². The van der Waals surface area contributed by atoms with Crippen LogP contribution in [-0.2, 0) is 4.79 Å². The van der Waals surface area contributed by atoms with E-state index in [-0.39, 0.29) is 10.6 Å². The Balaban J connectivity index is 3.27. The van der Waals surface area contributed by atoms with Crippen LogP contribution in [0.1, 0.15) is 13.8 Å². The van der Waals surface area contributed by atoms with Gasteiger partial charge in [0.15, 0.2) is 0 Å². The Bertz CT molecular complexity index is 95.1. The van der Waals surface area contributed by atoms with Crippen LogP contribution in [0.15, 0.2) is 0 Å². The molecule has 0 amide bonds. The first-order valence-electron chi connectivity index (χ1n) is 2.90. The van der Waals surface area contributed by atoms with Crippen LogP contribution in [0.2, 0.25) is 0 Å². The average Bonchev–Trinajstić information content (AvgIpc) is 1.82. The third kappa shape index (κ3) is 4.97. The number of halogens is 1. The van der Waals surface area contributed by atoms with Crippen LogP contribution in [0.4, 0.5) is 0 Å². The molecule has 0 saturated heterocycles.